The maximum atomic E-state index is 13.1. The van der Waals surface area contributed by atoms with E-state index in [1.165, 1.54) is 12.8 Å². The van der Waals surface area contributed by atoms with Gasteiger partial charge in [0.15, 0.2) is 0 Å². The molecular formula is C22H32N3O2+. The molecule has 0 unspecified atom stereocenters. The van der Waals surface area contributed by atoms with Crippen molar-refractivity contribution in [2.24, 2.45) is 5.92 Å². The number of carbonyl (C=O) groups excluding carboxylic acids is 1. The molecule has 0 spiro atoms. The minimum Gasteiger partial charge on any atom is -0.396 e. The van der Waals surface area contributed by atoms with E-state index in [9.17, 15) is 4.79 Å². The van der Waals surface area contributed by atoms with Gasteiger partial charge in [-0.15, -0.1) is 0 Å². The average Bonchev–Trinajstić information content (AvgIpc) is 2.70. The van der Waals surface area contributed by atoms with Gasteiger partial charge in [-0.1, -0.05) is 31.5 Å². The molecule has 3 saturated heterocycles. The molecule has 1 atom stereocenters. The van der Waals surface area contributed by atoms with Crippen LogP contribution < -0.4 is 4.90 Å². The minimum absolute atomic E-state index is 0.0588. The van der Waals surface area contributed by atoms with Crippen molar-refractivity contribution in [1.29, 1.82) is 5.26 Å². The van der Waals surface area contributed by atoms with E-state index in [-0.39, 0.29) is 12.3 Å². The monoisotopic (exact) mass is 370 g/mol. The third-order valence-electron chi connectivity index (χ3n) is 6.26. The van der Waals surface area contributed by atoms with Gasteiger partial charge in [0.05, 0.1) is 25.7 Å². The Kier molecular flexibility index (Phi) is 6.73. The van der Waals surface area contributed by atoms with Gasteiger partial charge in [-0.25, -0.2) is 4.79 Å². The third-order valence-corrected chi connectivity index (χ3v) is 6.26. The Hall–Kier alpha value is -2.06. The molecule has 0 saturated carbocycles. The lowest BCUT2D eigenvalue weighted by atomic mass is 9.84. The van der Waals surface area contributed by atoms with Crippen LogP contribution in [0.3, 0.4) is 0 Å². The van der Waals surface area contributed by atoms with Gasteiger partial charge in [0, 0.05) is 44.3 Å². The van der Waals surface area contributed by atoms with Crippen molar-refractivity contribution in [2.75, 3.05) is 31.1 Å². The molecule has 5 nitrogen and oxygen atoms in total. The molecule has 0 radical (unpaired) electrons. The maximum Gasteiger partial charge on any atom is 0.418 e. The molecule has 3 fully saturated rings. The molecule has 5 heteroatoms. The molecule has 27 heavy (non-hydrogen) atoms. The van der Waals surface area contributed by atoms with Crippen molar-refractivity contribution >= 4 is 11.8 Å². The molecule has 1 aromatic carbocycles. The molecule has 146 valence electrons. The van der Waals surface area contributed by atoms with Crippen LogP contribution >= 0.6 is 0 Å². The Bertz CT molecular complexity index is 647. The second-order valence-corrected chi connectivity index (χ2v) is 8.01. The molecule has 3 heterocycles. The van der Waals surface area contributed by atoms with Crippen LogP contribution in [0.1, 0.15) is 51.9 Å². The van der Waals surface area contributed by atoms with Crippen molar-refractivity contribution in [2.45, 2.75) is 58.1 Å². The summed E-state index contributed by atoms with van der Waals surface area (Å²) < 4.78 is 7.01. The molecule has 0 N–H and O–H groups in total. The summed E-state index contributed by atoms with van der Waals surface area (Å²) >= 11 is 0. The van der Waals surface area contributed by atoms with Crippen LogP contribution in [0, 0.1) is 17.2 Å². The van der Waals surface area contributed by atoms with Crippen molar-refractivity contribution < 1.29 is 14.0 Å². The van der Waals surface area contributed by atoms with Crippen LogP contribution in [0.15, 0.2) is 30.3 Å². The number of nitrogens with zero attached hydrogens (tertiary/aromatic N) is 3. The zero-order valence-electron chi connectivity index (χ0n) is 16.5. The van der Waals surface area contributed by atoms with Gasteiger partial charge in [-0.2, -0.15) is 5.26 Å². The number of carbonyl (C=O) groups is 1. The van der Waals surface area contributed by atoms with Gasteiger partial charge in [-0.05, 0) is 24.5 Å². The van der Waals surface area contributed by atoms with Gasteiger partial charge < -0.3 is 4.74 Å². The predicted molar refractivity (Wildman–Crippen MR) is 106 cm³/mol. The number of unbranched alkanes of at least 4 members (excludes halogenated alkanes) is 2. The van der Waals surface area contributed by atoms with Crippen molar-refractivity contribution in [3.8, 4) is 6.07 Å². The fourth-order valence-corrected chi connectivity index (χ4v) is 4.60. The molecule has 4 rings (SSSR count). The van der Waals surface area contributed by atoms with Crippen LogP contribution in [0.2, 0.25) is 0 Å². The maximum absolute atomic E-state index is 13.1. The first-order chi connectivity index (χ1) is 13.2. The van der Waals surface area contributed by atoms with Gasteiger partial charge >= 0.3 is 6.09 Å². The normalized spacial score (nSPS) is 26.4. The van der Waals surface area contributed by atoms with E-state index >= 15 is 0 Å². The fraction of sp³-hybridized carbons (Fsp3) is 0.636. The number of amides is 1. The number of nitriles is 1. The topological polar surface area (TPSA) is 53.3 Å². The Morgan fingerprint density at radius 1 is 1.26 bits per heavy atom. The molecule has 0 aromatic heterocycles. The number of hydrogen-bond acceptors (Lipinski definition) is 3. The molecule has 2 bridgehead atoms. The second kappa shape index (κ2) is 9.23. The van der Waals surface area contributed by atoms with Gasteiger partial charge in [0.2, 0.25) is 6.23 Å². The number of benzene rings is 1. The van der Waals surface area contributed by atoms with Crippen molar-refractivity contribution in [3.63, 3.8) is 0 Å². The molecule has 1 amide bonds. The lowest BCUT2D eigenvalue weighted by molar-refractivity contribution is -0.984. The summed E-state index contributed by atoms with van der Waals surface area (Å²) in [5.41, 5.74) is 0.906. The number of quaternary nitrogens is 1. The Morgan fingerprint density at radius 3 is 2.67 bits per heavy atom. The highest BCUT2D eigenvalue weighted by Gasteiger charge is 2.49. The standard InChI is InChI=1S/C22H32N3O2/c1-2-3-14-24(20-9-5-4-6-10-20)22(26)27-21-18-19-11-16-25(21,17-12-19)15-8-7-13-23/h4-6,9-10,19,21H,2-3,7-8,11-12,14-18H2,1H3/q+1/t19?,21-,25?/m1/s1. The summed E-state index contributed by atoms with van der Waals surface area (Å²) in [6.07, 6.45) is 6.59. The van der Waals surface area contributed by atoms with Crippen LogP contribution in [0.4, 0.5) is 10.5 Å². The fourth-order valence-electron chi connectivity index (χ4n) is 4.60. The summed E-state index contributed by atoms with van der Waals surface area (Å²) in [6, 6.07) is 12.1. The van der Waals surface area contributed by atoms with Crippen LogP contribution in [-0.2, 0) is 4.74 Å². The Labute approximate surface area is 163 Å². The smallest absolute Gasteiger partial charge is 0.396 e. The largest absolute Gasteiger partial charge is 0.418 e. The zero-order chi connectivity index (χ0) is 19.1. The predicted octanol–water partition coefficient (Wildman–Crippen LogP) is 4.69. The zero-order valence-corrected chi connectivity index (χ0v) is 16.5. The summed E-state index contributed by atoms with van der Waals surface area (Å²) in [7, 11) is 0. The lowest BCUT2D eigenvalue weighted by Crippen LogP contribution is -2.65. The van der Waals surface area contributed by atoms with E-state index in [2.05, 4.69) is 13.0 Å². The van der Waals surface area contributed by atoms with E-state index < -0.39 is 0 Å². The second-order valence-electron chi connectivity index (χ2n) is 8.01. The van der Waals surface area contributed by atoms with Crippen LogP contribution in [0.25, 0.3) is 0 Å². The molecular weight excluding hydrogens is 338 g/mol. The highest BCUT2D eigenvalue weighted by atomic mass is 16.6. The molecule has 3 aliphatic heterocycles. The van der Waals surface area contributed by atoms with Crippen LogP contribution in [-0.4, -0.2) is 43.0 Å². The molecule has 3 aliphatic rings. The van der Waals surface area contributed by atoms with Gasteiger partial charge in [0.1, 0.15) is 0 Å². The number of piperidine rings is 3. The van der Waals surface area contributed by atoms with E-state index in [0.717, 1.165) is 55.5 Å². The number of anilines is 1. The van der Waals surface area contributed by atoms with E-state index in [0.29, 0.717) is 18.9 Å². The van der Waals surface area contributed by atoms with Crippen molar-refractivity contribution in [1.82, 2.24) is 0 Å². The number of fused-ring (bicyclic) bond motifs is 3. The highest BCUT2D eigenvalue weighted by molar-refractivity contribution is 5.87. The first-order valence-electron chi connectivity index (χ1n) is 10.4. The Morgan fingerprint density at radius 2 is 2.00 bits per heavy atom. The Balaban J connectivity index is 1.72. The van der Waals surface area contributed by atoms with E-state index in [1.807, 2.05) is 30.3 Å². The van der Waals surface area contributed by atoms with Gasteiger partial charge in [-0.3, -0.25) is 9.38 Å². The van der Waals surface area contributed by atoms with E-state index in [4.69, 9.17) is 10.00 Å². The molecule has 0 aliphatic carbocycles. The third kappa shape index (κ3) is 4.62. The first-order valence-corrected chi connectivity index (χ1v) is 10.4. The summed E-state index contributed by atoms with van der Waals surface area (Å²) in [5.74, 6) is 0.680. The molecule has 1 aromatic rings. The number of para-hydroxylation sites is 1. The highest BCUT2D eigenvalue weighted by Crippen LogP contribution is 2.39. The first kappa shape index (κ1) is 19.7. The number of rotatable bonds is 8. The van der Waals surface area contributed by atoms with E-state index in [1.54, 1.807) is 4.90 Å². The average molecular weight is 371 g/mol. The minimum atomic E-state index is -0.218. The quantitative estimate of drug-likeness (QED) is 0.493. The lowest BCUT2D eigenvalue weighted by Gasteiger charge is -2.53. The number of ether oxygens (including phenoxy) is 1. The number of hydrogen-bond donors (Lipinski definition) is 0. The van der Waals surface area contributed by atoms with Gasteiger partial charge in [0.25, 0.3) is 0 Å². The summed E-state index contributed by atoms with van der Waals surface area (Å²) in [6.45, 7) is 5.92. The van der Waals surface area contributed by atoms with Crippen LogP contribution in [0.5, 0.6) is 0 Å². The van der Waals surface area contributed by atoms with Crippen molar-refractivity contribution in [3.05, 3.63) is 30.3 Å². The summed E-state index contributed by atoms with van der Waals surface area (Å²) in [4.78, 5) is 14.9. The summed E-state index contributed by atoms with van der Waals surface area (Å²) in [5, 5.41) is 8.91. The SMILES string of the molecule is CCCCN(C(=O)O[C@@H]1CC2CC[N+]1(CCCC#N)CC2)c1ccccc1.